The number of thiazole rings is 1. The van der Waals surface area contributed by atoms with Crippen LogP contribution in [0, 0.1) is 6.92 Å². The molecule has 22 heavy (non-hydrogen) atoms. The Morgan fingerprint density at radius 2 is 1.91 bits per heavy atom. The zero-order chi connectivity index (χ0) is 15.7. The van der Waals surface area contributed by atoms with Crippen molar-refractivity contribution in [2.24, 2.45) is 0 Å². The largest absolute Gasteiger partial charge is 0.497 e. The molecule has 3 aromatic rings. The van der Waals surface area contributed by atoms with E-state index in [0.717, 1.165) is 27.0 Å². The van der Waals surface area contributed by atoms with Crippen LogP contribution in [0.1, 0.15) is 24.8 Å². The number of nitrogens with zero attached hydrogens (tertiary/aromatic N) is 4. The smallest absolute Gasteiger partial charge is 0.210 e. The molecule has 0 amide bonds. The summed E-state index contributed by atoms with van der Waals surface area (Å²) < 4.78 is 7.15. The highest BCUT2D eigenvalue weighted by atomic mass is 32.1. The second-order valence-corrected chi connectivity index (χ2v) is 6.54. The molecule has 0 atom stereocenters. The summed E-state index contributed by atoms with van der Waals surface area (Å²) in [5, 5.41) is 5.49. The average molecular weight is 314 g/mol. The van der Waals surface area contributed by atoms with E-state index in [1.165, 1.54) is 0 Å². The van der Waals surface area contributed by atoms with Gasteiger partial charge in [0, 0.05) is 22.7 Å². The van der Waals surface area contributed by atoms with Gasteiger partial charge in [-0.2, -0.15) is 0 Å². The summed E-state index contributed by atoms with van der Waals surface area (Å²) in [6, 6.07) is 8.08. The van der Waals surface area contributed by atoms with Gasteiger partial charge in [0.2, 0.25) is 5.82 Å². The van der Waals surface area contributed by atoms with Crippen LogP contribution < -0.4 is 4.74 Å². The molecule has 0 saturated heterocycles. The van der Waals surface area contributed by atoms with Crippen molar-refractivity contribution in [2.75, 3.05) is 7.11 Å². The van der Waals surface area contributed by atoms with E-state index >= 15 is 0 Å². The molecule has 0 aliphatic rings. The second-order valence-electron chi connectivity index (χ2n) is 5.30. The predicted molar refractivity (Wildman–Crippen MR) is 88.2 cm³/mol. The van der Waals surface area contributed by atoms with Gasteiger partial charge < -0.3 is 4.74 Å². The van der Waals surface area contributed by atoms with Gasteiger partial charge >= 0.3 is 0 Å². The summed E-state index contributed by atoms with van der Waals surface area (Å²) in [5.41, 5.74) is 1.02. The average Bonchev–Trinajstić information content (AvgIpc) is 3.13. The van der Waals surface area contributed by atoms with E-state index in [9.17, 15) is 0 Å². The number of benzene rings is 1. The maximum Gasteiger partial charge on any atom is 0.210 e. The molecule has 1 aromatic carbocycles. The van der Waals surface area contributed by atoms with Gasteiger partial charge in [-0.15, -0.1) is 16.4 Å². The summed E-state index contributed by atoms with van der Waals surface area (Å²) in [5.74, 6) is 2.35. The Balaban J connectivity index is 2.07. The molecular weight excluding hydrogens is 296 g/mol. The van der Waals surface area contributed by atoms with E-state index in [2.05, 4.69) is 23.9 Å². The van der Waals surface area contributed by atoms with Crippen LogP contribution in [0.3, 0.4) is 0 Å². The lowest BCUT2D eigenvalue weighted by Gasteiger charge is -2.09. The normalized spacial score (nSPS) is 11.1. The van der Waals surface area contributed by atoms with Crippen LogP contribution in [0.4, 0.5) is 0 Å². The minimum atomic E-state index is 0.222. The zero-order valence-electron chi connectivity index (χ0n) is 13.1. The topological polar surface area (TPSA) is 52.8 Å². The van der Waals surface area contributed by atoms with Gasteiger partial charge in [0.25, 0.3) is 0 Å². The van der Waals surface area contributed by atoms with Crippen LogP contribution in [0.25, 0.3) is 22.2 Å². The number of aromatic nitrogens is 4. The van der Waals surface area contributed by atoms with E-state index < -0.39 is 0 Å². The predicted octanol–water partition coefficient (Wildman–Crippen LogP) is 3.97. The van der Waals surface area contributed by atoms with E-state index in [4.69, 9.17) is 9.72 Å². The highest BCUT2D eigenvalue weighted by Crippen LogP contribution is 2.28. The minimum absolute atomic E-state index is 0.222. The molecule has 5 nitrogen and oxygen atoms in total. The van der Waals surface area contributed by atoms with Gasteiger partial charge in [-0.3, -0.25) is 0 Å². The first-order chi connectivity index (χ1) is 10.6. The third-order valence-electron chi connectivity index (χ3n) is 3.28. The molecule has 2 aromatic heterocycles. The Labute approximate surface area is 133 Å². The fourth-order valence-corrected chi connectivity index (χ4v) is 2.86. The summed E-state index contributed by atoms with van der Waals surface area (Å²) in [4.78, 5) is 10.2. The molecule has 0 bridgehead atoms. The highest BCUT2D eigenvalue weighted by molar-refractivity contribution is 7.14. The van der Waals surface area contributed by atoms with Crippen molar-refractivity contribution >= 4 is 11.3 Å². The second kappa shape index (κ2) is 5.88. The zero-order valence-corrected chi connectivity index (χ0v) is 13.9. The van der Waals surface area contributed by atoms with Gasteiger partial charge in [0.1, 0.15) is 5.75 Å². The van der Waals surface area contributed by atoms with Crippen molar-refractivity contribution in [3.63, 3.8) is 0 Å². The molecule has 114 valence electrons. The van der Waals surface area contributed by atoms with Gasteiger partial charge in [-0.25, -0.2) is 14.6 Å². The Morgan fingerprint density at radius 1 is 1.18 bits per heavy atom. The number of ether oxygens (including phenoxy) is 1. The van der Waals surface area contributed by atoms with Crippen molar-refractivity contribution in [3.05, 3.63) is 35.3 Å². The monoisotopic (exact) mass is 314 g/mol. The highest BCUT2D eigenvalue weighted by Gasteiger charge is 2.17. The molecule has 0 unspecified atom stereocenters. The number of rotatable bonds is 4. The van der Waals surface area contributed by atoms with Crippen molar-refractivity contribution in [3.8, 4) is 28.0 Å². The first-order valence-corrected chi connectivity index (χ1v) is 7.94. The SMILES string of the molecule is COc1ccc(-c2nc(-c3ncc(C)s3)nn2C(C)C)cc1. The van der Waals surface area contributed by atoms with Crippen LogP contribution in [-0.2, 0) is 0 Å². The number of hydrogen-bond donors (Lipinski definition) is 0. The number of methoxy groups -OCH3 is 1. The maximum absolute atomic E-state index is 5.21. The Kier molecular flexibility index (Phi) is 3.94. The molecule has 0 N–H and O–H groups in total. The van der Waals surface area contributed by atoms with Crippen LogP contribution in [0.2, 0.25) is 0 Å². The lowest BCUT2D eigenvalue weighted by Crippen LogP contribution is -2.05. The Morgan fingerprint density at radius 3 is 2.45 bits per heavy atom. The van der Waals surface area contributed by atoms with Crippen LogP contribution in [-0.4, -0.2) is 26.9 Å². The molecule has 0 saturated carbocycles. The number of hydrogen-bond acceptors (Lipinski definition) is 5. The van der Waals surface area contributed by atoms with Crippen molar-refractivity contribution in [1.29, 1.82) is 0 Å². The van der Waals surface area contributed by atoms with Gasteiger partial charge in [-0.1, -0.05) is 0 Å². The molecule has 6 heteroatoms. The third-order valence-corrected chi connectivity index (χ3v) is 4.19. The summed E-state index contributed by atoms with van der Waals surface area (Å²) in [6.45, 7) is 6.22. The summed E-state index contributed by atoms with van der Waals surface area (Å²) in [7, 11) is 1.66. The fourth-order valence-electron chi connectivity index (χ4n) is 2.17. The lowest BCUT2D eigenvalue weighted by molar-refractivity contribution is 0.415. The van der Waals surface area contributed by atoms with Crippen molar-refractivity contribution < 1.29 is 4.74 Å². The molecular formula is C16H18N4OS. The molecule has 0 aliphatic heterocycles. The van der Waals surface area contributed by atoms with Gasteiger partial charge in [-0.05, 0) is 45.0 Å². The van der Waals surface area contributed by atoms with Crippen LogP contribution >= 0.6 is 11.3 Å². The first kappa shape index (κ1) is 14.7. The molecule has 0 fully saturated rings. The quantitative estimate of drug-likeness (QED) is 0.731. The van der Waals surface area contributed by atoms with Crippen molar-refractivity contribution in [2.45, 2.75) is 26.8 Å². The maximum atomic E-state index is 5.21. The number of aryl methyl sites for hydroxylation is 1. The van der Waals surface area contributed by atoms with Crippen LogP contribution in [0.5, 0.6) is 5.75 Å². The van der Waals surface area contributed by atoms with Crippen molar-refractivity contribution in [1.82, 2.24) is 19.7 Å². The fraction of sp³-hybridized carbons (Fsp3) is 0.312. The van der Waals surface area contributed by atoms with Gasteiger partial charge in [0.15, 0.2) is 10.8 Å². The van der Waals surface area contributed by atoms with E-state index in [-0.39, 0.29) is 6.04 Å². The molecule has 0 spiro atoms. The van der Waals surface area contributed by atoms with E-state index in [1.807, 2.05) is 42.1 Å². The molecule has 2 heterocycles. The standard InChI is InChI=1S/C16H18N4OS/c1-10(2)20-15(12-5-7-13(21-4)8-6-12)18-14(19-20)16-17-9-11(3)22-16/h5-10H,1-4H3. The molecule has 3 rings (SSSR count). The third kappa shape index (κ3) is 2.74. The van der Waals surface area contributed by atoms with Crippen LogP contribution in [0.15, 0.2) is 30.5 Å². The summed E-state index contributed by atoms with van der Waals surface area (Å²) >= 11 is 1.61. The minimum Gasteiger partial charge on any atom is -0.497 e. The first-order valence-electron chi connectivity index (χ1n) is 7.12. The molecule has 0 radical (unpaired) electrons. The van der Waals surface area contributed by atoms with E-state index in [1.54, 1.807) is 18.4 Å². The molecule has 0 aliphatic carbocycles. The Bertz CT molecular complexity index is 774. The summed E-state index contributed by atoms with van der Waals surface area (Å²) in [6.07, 6.45) is 1.85. The van der Waals surface area contributed by atoms with E-state index in [0.29, 0.717) is 5.82 Å². The Hall–Kier alpha value is -2.21. The lowest BCUT2D eigenvalue weighted by atomic mass is 10.2. The van der Waals surface area contributed by atoms with Gasteiger partial charge in [0.05, 0.1) is 7.11 Å².